The first-order chi connectivity index (χ1) is 14.6. The fourth-order valence-corrected chi connectivity index (χ4v) is 3.18. The van der Waals surface area contributed by atoms with Crippen LogP contribution in [0.1, 0.15) is 63.1 Å². The van der Waals surface area contributed by atoms with E-state index in [4.69, 9.17) is 9.26 Å². The van der Waals surface area contributed by atoms with E-state index in [1.165, 1.54) is 5.56 Å². The van der Waals surface area contributed by atoms with Gasteiger partial charge in [0.1, 0.15) is 5.75 Å². The number of nitrogens with one attached hydrogen (secondary N) is 1. The molecule has 6 nitrogen and oxygen atoms in total. The number of rotatable bonds is 7. The molecule has 31 heavy (non-hydrogen) atoms. The van der Waals surface area contributed by atoms with Crippen molar-refractivity contribution in [2.45, 2.75) is 59.4 Å². The zero-order valence-electron chi connectivity index (χ0n) is 19.2. The number of aryl methyl sites for hydroxylation is 1. The molecule has 0 fully saturated rings. The van der Waals surface area contributed by atoms with Crippen LogP contribution in [0.4, 0.5) is 0 Å². The van der Waals surface area contributed by atoms with Crippen molar-refractivity contribution in [2.24, 2.45) is 0 Å². The Morgan fingerprint density at radius 2 is 1.84 bits per heavy atom. The van der Waals surface area contributed by atoms with Gasteiger partial charge in [-0.1, -0.05) is 76.2 Å². The lowest BCUT2D eigenvalue weighted by Gasteiger charge is -2.18. The number of hydrogen-bond acceptors (Lipinski definition) is 5. The number of hydrogen-bond donors (Lipinski definition) is 1. The van der Waals surface area contributed by atoms with Crippen molar-refractivity contribution in [1.29, 1.82) is 0 Å². The van der Waals surface area contributed by atoms with Gasteiger partial charge in [0.15, 0.2) is 6.61 Å². The second-order valence-corrected chi connectivity index (χ2v) is 9.10. The van der Waals surface area contributed by atoms with Crippen LogP contribution < -0.4 is 10.1 Å². The Morgan fingerprint density at radius 1 is 1.13 bits per heavy atom. The highest BCUT2D eigenvalue weighted by atomic mass is 16.5. The summed E-state index contributed by atoms with van der Waals surface area (Å²) in [4.78, 5) is 16.6. The van der Waals surface area contributed by atoms with Crippen LogP contribution in [0.5, 0.6) is 5.75 Å². The van der Waals surface area contributed by atoms with Crippen molar-refractivity contribution in [3.63, 3.8) is 0 Å². The topological polar surface area (TPSA) is 77.2 Å². The minimum atomic E-state index is -0.245. The van der Waals surface area contributed by atoms with E-state index in [0.717, 1.165) is 22.4 Å². The van der Waals surface area contributed by atoms with Crippen LogP contribution >= 0.6 is 0 Å². The Kier molecular flexibility index (Phi) is 6.78. The average Bonchev–Trinajstić information content (AvgIpc) is 3.19. The highest BCUT2D eigenvalue weighted by molar-refractivity contribution is 5.77. The van der Waals surface area contributed by atoms with Gasteiger partial charge in [-0.15, -0.1) is 0 Å². The van der Waals surface area contributed by atoms with Gasteiger partial charge in [-0.25, -0.2) is 0 Å². The molecule has 1 heterocycles. The predicted octanol–water partition coefficient (Wildman–Crippen LogP) is 5.16. The van der Waals surface area contributed by atoms with Crippen LogP contribution in [-0.2, 0) is 16.8 Å². The summed E-state index contributed by atoms with van der Waals surface area (Å²) in [5, 5.41) is 6.79. The van der Waals surface area contributed by atoms with Crippen molar-refractivity contribution >= 4 is 5.91 Å². The monoisotopic (exact) mass is 421 g/mol. The van der Waals surface area contributed by atoms with Gasteiger partial charge in [0, 0.05) is 5.56 Å². The minimum Gasteiger partial charge on any atom is -0.483 e. The summed E-state index contributed by atoms with van der Waals surface area (Å²) in [6.07, 6.45) is 0. The Balaban J connectivity index is 1.55. The lowest BCUT2D eigenvalue weighted by molar-refractivity contribution is -0.123. The molecule has 6 heteroatoms. The number of ether oxygens (including phenoxy) is 1. The Bertz CT molecular complexity index is 1030. The molecular formula is C25H31N3O3. The number of nitrogens with zero attached hydrogens (tertiary/aromatic N) is 2. The molecule has 0 saturated carbocycles. The molecule has 1 amide bonds. The fraction of sp³-hybridized carbons (Fsp3) is 0.400. The number of benzene rings is 2. The van der Waals surface area contributed by atoms with Gasteiger partial charge < -0.3 is 14.6 Å². The van der Waals surface area contributed by atoms with Crippen molar-refractivity contribution in [1.82, 2.24) is 15.5 Å². The molecule has 3 aromatic rings. The Labute approximate surface area is 184 Å². The van der Waals surface area contributed by atoms with E-state index in [1.54, 1.807) is 0 Å². The summed E-state index contributed by atoms with van der Waals surface area (Å²) in [7, 11) is 0. The molecule has 0 aliphatic carbocycles. The lowest BCUT2D eigenvalue weighted by Crippen LogP contribution is -2.28. The lowest BCUT2D eigenvalue weighted by atomic mass is 9.87. The largest absolute Gasteiger partial charge is 0.483 e. The summed E-state index contributed by atoms with van der Waals surface area (Å²) < 4.78 is 11.0. The summed E-state index contributed by atoms with van der Waals surface area (Å²) in [5.41, 5.74) is 4.37. The van der Waals surface area contributed by atoms with Gasteiger partial charge in [0.25, 0.3) is 5.91 Å². The maximum absolute atomic E-state index is 12.2. The molecule has 0 radical (unpaired) electrons. The van der Waals surface area contributed by atoms with E-state index < -0.39 is 0 Å². The van der Waals surface area contributed by atoms with Crippen molar-refractivity contribution in [3.05, 3.63) is 65.0 Å². The quantitative estimate of drug-likeness (QED) is 0.570. The summed E-state index contributed by atoms with van der Waals surface area (Å²) in [6.45, 7) is 12.8. The first-order valence-electron chi connectivity index (χ1n) is 10.6. The molecule has 0 spiro atoms. The van der Waals surface area contributed by atoms with Crippen molar-refractivity contribution < 1.29 is 14.1 Å². The van der Waals surface area contributed by atoms with Gasteiger partial charge in [-0.2, -0.15) is 4.98 Å². The van der Waals surface area contributed by atoms with E-state index in [2.05, 4.69) is 62.2 Å². The van der Waals surface area contributed by atoms with Crippen LogP contribution in [0.3, 0.4) is 0 Å². The standard InChI is InChI=1S/C25H31N3O3/c1-16(2)20-12-7-17(3)13-21(20)30-15-22(29)26-14-23-27-24(28-31-23)18-8-10-19(11-9-18)25(4,5)6/h7-13,16H,14-15H2,1-6H3,(H,26,29). The fourth-order valence-electron chi connectivity index (χ4n) is 3.18. The molecule has 164 valence electrons. The van der Waals surface area contributed by atoms with Crippen molar-refractivity contribution in [2.75, 3.05) is 6.61 Å². The van der Waals surface area contributed by atoms with Crippen LogP contribution in [0.25, 0.3) is 11.4 Å². The van der Waals surface area contributed by atoms with Gasteiger partial charge in [-0.3, -0.25) is 4.79 Å². The Morgan fingerprint density at radius 3 is 2.48 bits per heavy atom. The van der Waals surface area contributed by atoms with Crippen LogP contribution in [0.2, 0.25) is 0 Å². The molecule has 0 aliphatic rings. The number of amides is 1. The highest BCUT2D eigenvalue weighted by Gasteiger charge is 2.15. The average molecular weight is 422 g/mol. The zero-order valence-corrected chi connectivity index (χ0v) is 19.2. The molecule has 2 aromatic carbocycles. The van der Waals surface area contributed by atoms with E-state index in [9.17, 15) is 4.79 Å². The molecule has 0 atom stereocenters. The van der Waals surface area contributed by atoms with Gasteiger partial charge in [0.2, 0.25) is 11.7 Å². The van der Waals surface area contributed by atoms with E-state index in [1.807, 2.05) is 37.3 Å². The summed E-state index contributed by atoms with van der Waals surface area (Å²) >= 11 is 0. The Hall–Kier alpha value is -3.15. The van der Waals surface area contributed by atoms with Crippen LogP contribution in [-0.4, -0.2) is 22.7 Å². The molecule has 1 N–H and O–H groups in total. The van der Waals surface area contributed by atoms with Gasteiger partial charge in [0.05, 0.1) is 6.54 Å². The first-order valence-corrected chi connectivity index (χ1v) is 10.6. The number of carbonyl (C=O) groups excluding carboxylic acids is 1. The molecule has 3 rings (SSSR count). The normalized spacial score (nSPS) is 11.6. The third-order valence-corrected chi connectivity index (χ3v) is 5.06. The van der Waals surface area contributed by atoms with Gasteiger partial charge in [-0.05, 0) is 41.0 Å². The number of aromatic nitrogens is 2. The molecular weight excluding hydrogens is 390 g/mol. The van der Waals surface area contributed by atoms with E-state index in [0.29, 0.717) is 17.6 Å². The van der Waals surface area contributed by atoms with E-state index in [-0.39, 0.29) is 24.5 Å². The molecule has 0 saturated heterocycles. The highest BCUT2D eigenvalue weighted by Crippen LogP contribution is 2.27. The zero-order chi connectivity index (χ0) is 22.6. The first kappa shape index (κ1) is 22.5. The van der Waals surface area contributed by atoms with Crippen LogP contribution in [0, 0.1) is 6.92 Å². The van der Waals surface area contributed by atoms with Gasteiger partial charge >= 0.3 is 0 Å². The predicted molar refractivity (Wildman–Crippen MR) is 121 cm³/mol. The second-order valence-electron chi connectivity index (χ2n) is 9.10. The molecule has 0 bridgehead atoms. The third-order valence-electron chi connectivity index (χ3n) is 5.06. The summed E-state index contributed by atoms with van der Waals surface area (Å²) in [5.74, 6) is 1.66. The maximum Gasteiger partial charge on any atom is 0.258 e. The van der Waals surface area contributed by atoms with E-state index >= 15 is 0 Å². The molecule has 1 aromatic heterocycles. The minimum absolute atomic E-state index is 0.0710. The third kappa shape index (κ3) is 5.94. The summed E-state index contributed by atoms with van der Waals surface area (Å²) in [6, 6.07) is 14.2. The van der Waals surface area contributed by atoms with Crippen LogP contribution in [0.15, 0.2) is 47.0 Å². The second kappa shape index (κ2) is 9.33. The number of carbonyl (C=O) groups is 1. The van der Waals surface area contributed by atoms with Crippen molar-refractivity contribution in [3.8, 4) is 17.1 Å². The SMILES string of the molecule is Cc1ccc(C(C)C)c(OCC(=O)NCc2nc(-c3ccc(C(C)(C)C)cc3)no2)c1. The smallest absolute Gasteiger partial charge is 0.258 e. The molecule has 0 unspecified atom stereocenters. The maximum atomic E-state index is 12.2. The molecule has 0 aliphatic heterocycles.